The first-order valence-electron chi connectivity index (χ1n) is 8.94. The van der Waals surface area contributed by atoms with Crippen LogP contribution in [0.15, 0.2) is 42.5 Å². The Kier molecular flexibility index (Phi) is 5.86. The van der Waals surface area contributed by atoms with Gasteiger partial charge in [0.15, 0.2) is 0 Å². The van der Waals surface area contributed by atoms with E-state index in [4.69, 9.17) is 0 Å². The van der Waals surface area contributed by atoms with Crippen LogP contribution in [0.3, 0.4) is 0 Å². The van der Waals surface area contributed by atoms with Crippen molar-refractivity contribution in [1.82, 2.24) is 0 Å². The highest BCUT2D eigenvalue weighted by molar-refractivity contribution is 6.15. The van der Waals surface area contributed by atoms with Crippen molar-refractivity contribution in [3.05, 3.63) is 59.2 Å². The highest BCUT2D eigenvalue weighted by atomic mass is 16.2. The van der Waals surface area contributed by atoms with Crippen LogP contribution in [0.25, 0.3) is 0 Å². The summed E-state index contributed by atoms with van der Waals surface area (Å²) in [7, 11) is 0. The third-order valence-corrected chi connectivity index (χ3v) is 4.83. The van der Waals surface area contributed by atoms with E-state index in [9.17, 15) is 9.59 Å². The van der Waals surface area contributed by atoms with Crippen molar-refractivity contribution in [2.24, 2.45) is 5.41 Å². The molecule has 0 saturated carbocycles. The first-order chi connectivity index (χ1) is 12.2. The standard InChI is InChI=1S/C22H28N2O2/c1-7-24(18-12-8-10-15(2)14-18)21(26)22(5,6)20(25)23-19-13-9-11-16(3)17(19)4/h8-14H,7H2,1-6H3,(H,23,25). The van der Waals surface area contributed by atoms with Crippen LogP contribution < -0.4 is 10.2 Å². The quantitative estimate of drug-likeness (QED) is 0.798. The van der Waals surface area contributed by atoms with Gasteiger partial charge in [0.05, 0.1) is 0 Å². The fourth-order valence-electron chi connectivity index (χ4n) is 2.84. The van der Waals surface area contributed by atoms with E-state index in [1.807, 2.05) is 70.2 Å². The number of hydrogen-bond donors (Lipinski definition) is 1. The molecule has 0 heterocycles. The lowest BCUT2D eigenvalue weighted by molar-refractivity contribution is -0.136. The lowest BCUT2D eigenvalue weighted by Crippen LogP contribution is -2.47. The number of benzene rings is 2. The van der Waals surface area contributed by atoms with Gasteiger partial charge in [-0.2, -0.15) is 0 Å². The highest BCUT2D eigenvalue weighted by Gasteiger charge is 2.39. The van der Waals surface area contributed by atoms with E-state index in [0.29, 0.717) is 6.54 Å². The van der Waals surface area contributed by atoms with Crippen LogP contribution in [0.5, 0.6) is 0 Å². The van der Waals surface area contributed by atoms with Crippen molar-refractivity contribution in [2.45, 2.75) is 41.5 Å². The Balaban J connectivity index is 2.27. The molecule has 0 unspecified atom stereocenters. The molecule has 0 aliphatic carbocycles. The molecule has 2 rings (SSSR count). The predicted octanol–water partition coefficient (Wildman–Crippen LogP) is 4.63. The number of carbonyl (C=O) groups excluding carboxylic acids is 2. The van der Waals surface area contributed by atoms with Crippen LogP contribution in [-0.4, -0.2) is 18.4 Å². The lowest BCUT2D eigenvalue weighted by Gasteiger charge is -2.31. The summed E-state index contributed by atoms with van der Waals surface area (Å²) < 4.78 is 0. The third-order valence-electron chi connectivity index (χ3n) is 4.83. The summed E-state index contributed by atoms with van der Waals surface area (Å²) >= 11 is 0. The Morgan fingerprint density at radius 3 is 2.31 bits per heavy atom. The van der Waals surface area contributed by atoms with E-state index in [2.05, 4.69) is 5.32 Å². The number of aryl methyl sites for hydroxylation is 2. The van der Waals surface area contributed by atoms with E-state index in [0.717, 1.165) is 28.1 Å². The van der Waals surface area contributed by atoms with E-state index in [1.165, 1.54) is 0 Å². The van der Waals surface area contributed by atoms with Gasteiger partial charge < -0.3 is 10.2 Å². The Morgan fingerprint density at radius 2 is 1.69 bits per heavy atom. The van der Waals surface area contributed by atoms with Crippen LogP contribution in [0.2, 0.25) is 0 Å². The average Bonchev–Trinajstić information content (AvgIpc) is 2.59. The van der Waals surface area contributed by atoms with Gasteiger partial charge in [0, 0.05) is 17.9 Å². The number of nitrogens with zero attached hydrogens (tertiary/aromatic N) is 1. The lowest BCUT2D eigenvalue weighted by atomic mass is 9.89. The molecule has 0 aliphatic heterocycles. The molecule has 2 aromatic carbocycles. The van der Waals surface area contributed by atoms with Crippen molar-refractivity contribution in [2.75, 3.05) is 16.8 Å². The summed E-state index contributed by atoms with van der Waals surface area (Å²) in [5.74, 6) is -0.518. The number of carbonyl (C=O) groups is 2. The van der Waals surface area contributed by atoms with Gasteiger partial charge in [-0.05, 0) is 76.4 Å². The zero-order valence-electron chi connectivity index (χ0n) is 16.5. The molecule has 0 fully saturated rings. The number of nitrogens with one attached hydrogen (secondary N) is 1. The minimum absolute atomic E-state index is 0.214. The number of anilines is 2. The maximum absolute atomic E-state index is 13.2. The third kappa shape index (κ3) is 3.96. The van der Waals surface area contributed by atoms with Crippen LogP contribution in [0.4, 0.5) is 11.4 Å². The molecule has 0 aromatic heterocycles. The molecule has 138 valence electrons. The zero-order chi connectivity index (χ0) is 19.5. The average molecular weight is 352 g/mol. The molecule has 1 N–H and O–H groups in total. The SMILES string of the molecule is CCN(C(=O)C(C)(C)C(=O)Nc1cccc(C)c1C)c1cccc(C)c1. The molecule has 4 heteroatoms. The first kappa shape index (κ1) is 19.7. The minimum Gasteiger partial charge on any atom is -0.325 e. The second-order valence-electron chi connectivity index (χ2n) is 7.22. The minimum atomic E-state index is -1.18. The van der Waals surface area contributed by atoms with Crippen molar-refractivity contribution in [3.63, 3.8) is 0 Å². The molecule has 0 spiro atoms. The number of amides is 2. The Bertz CT molecular complexity index is 825. The van der Waals surface area contributed by atoms with E-state index < -0.39 is 5.41 Å². The van der Waals surface area contributed by atoms with Crippen molar-refractivity contribution in [3.8, 4) is 0 Å². The van der Waals surface area contributed by atoms with Crippen LogP contribution >= 0.6 is 0 Å². The summed E-state index contributed by atoms with van der Waals surface area (Å²) in [5.41, 5.74) is 3.55. The van der Waals surface area contributed by atoms with Gasteiger partial charge in [0.1, 0.15) is 5.41 Å². The normalized spacial score (nSPS) is 11.2. The topological polar surface area (TPSA) is 49.4 Å². The maximum atomic E-state index is 13.2. The van der Waals surface area contributed by atoms with Crippen LogP contribution in [0, 0.1) is 26.2 Å². The molecular weight excluding hydrogens is 324 g/mol. The molecule has 0 atom stereocenters. The number of rotatable bonds is 5. The van der Waals surface area contributed by atoms with Crippen LogP contribution in [-0.2, 0) is 9.59 Å². The summed E-state index contributed by atoms with van der Waals surface area (Å²) in [4.78, 5) is 27.7. The summed E-state index contributed by atoms with van der Waals surface area (Å²) in [6.45, 7) is 11.7. The van der Waals surface area contributed by atoms with Gasteiger partial charge in [-0.15, -0.1) is 0 Å². The highest BCUT2D eigenvalue weighted by Crippen LogP contribution is 2.27. The Hall–Kier alpha value is -2.62. The van der Waals surface area contributed by atoms with E-state index in [1.54, 1.807) is 18.7 Å². The van der Waals surface area contributed by atoms with Gasteiger partial charge in [0.2, 0.25) is 11.8 Å². The molecular formula is C22H28N2O2. The summed E-state index contributed by atoms with van der Waals surface area (Å²) in [5, 5.41) is 2.93. The van der Waals surface area contributed by atoms with Crippen LogP contribution in [0.1, 0.15) is 37.5 Å². The zero-order valence-corrected chi connectivity index (χ0v) is 16.5. The van der Waals surface area contributed by atoms with Gasteiger partial charge >= 0.3 is 0 Å². The summed E-state index contributed by atoms with van der Waals surface area (Å²) in [6.07, 6.45) is 0. The van der Waals surface area contributed by atoms with Crippen molar-refractivity contribution >= 4 is 23.2 Å². The smallest absolute Gasteiger partial charge is 0.242 e. The van der Waals surface area contributed by atoms with E-state index >= 15 is 0 Å². The van der Waals surface area contributed by atoms with Crippen molar-refractivity contribution in [1.29, 1.82) is 0 Å². The second kappa shape index (κ2) is 7.73. The fraction of sp³-hybridized carbons (Fsp3) is 0.364. The monoisotopic (exact) mass is 352 g/mol. The Morgan fingerprint density at radius 1 is 1.04 bits per heavy atom. The molecule has 2 aromatic rings. The number of hydrogen-bond acceptors (Lipinski definition) is 2. The fourth-order valence-corrected chi connectivity index (χ4v) is 2.84. The molecule has 0 radical (unpaired) electrons. The Labute approximate surface area is 156 Å². The summed E-state index contributed by atoms with van der Waals surface area (Å²) in [6, 6.07) is 13.5. The maximum Gasteiger partial charge on any atom is 0.242 e. The molecule has 0 aliphatic rings. The van der Waals surface area contributed by atoms with Crippen molar-refractivity contribution < 1.29 is 9.59 Å². The molecule has 4 nitrogen and oxygen atoms in total. The first-order valence-corrected chi connectivity index (χ1v) is 8.94. The van der Waals surface area contributed by atoms with Gasteiger partial charge in [-0.25, -0.2) is 0 Å². The molecule has 26 heavy (non-hydrogen) atoms. The predicted molar refractivity (Wildman–Crippen MR) is 108 cm³/mol. The molecule has 0 bridgehead atoms. The van der Waals surface area contributed by atoms with Gasteiger partial charge in [-0.1, -0.05) is 24.3 Å². The molecule has 2 amide bonds. The second-order valence-corrected chi connectivity index (χ2v) is 7.22. The van der Waals surface area contributed by atoms with Gasteiger partial charge in [0.25, 0.3) is 0 Å². The van der Waals surface area contributed by atoms with E-state index in [-0.39, 0.29) is 11.8 Å². The largest absolute Gasteiger partial charge is 0.325 e. The molecule has 0 saturated heterocycles. The van der Waals surface area contributed by atoms with Gasteiger partial charge in [-0.3, -0.25) is 9.59 Å².